The molecule has 4 nitrogen and oxygen atoms in total. The summed E-state index contributed by atoms with van der Waals surface area (Å²) in [6.07, 6.45) is 2.50. The molecule has 1 aromatic carbocycles. The lowest BCUT2D eigenvalue weighted by Gasteiger charge is -2.14. The first-order valence-electron chi connectivity index (χ1n) is 6.76. The number of rotatable bonds is 6. The topological polar surface area (TPSA) is 45.7 Å². The zero-order valence-corrected chi connectivity index (χ0v) is 16.0. The molecule has 1 aliphatic rings. The van der Waals surface area contributed by atoms with E-state index in [0.29, 0.717) is 18.1 Å². The van der Waals surface area contributed by atoms with Crippen molar-refractivity contribution in [2.75, 3.05) is 13.6 Å². The molecule has 0 heterocycles. The predicted octanol–water partition coefficient (Wildman–Crippen LogP) is 3.74. The molecule has 0 amide bonds. The molecule has 8 heteroatoms. The van der Waals surface area contributed by atoms with Crippen molar-refractivity contribution in [2.45, 2.75) is 26.0 Å². The van der Waals surface area contributed by atoms with Gasteiger partial charge in [-0.15, -0.1) is 24.0 Å². The molecule has 0 atom stereocenters. The van der Waals surface area contributed by atoms with Crippen molar-refractivity contribution in [3.8, 4) is 5.75 Å². The fourth-order valence-corrected chi connectivity index (χ4v) is 2.27. The number of ether oxygens (including phenoxy) is 1. The first-order valence-corrected chi connectivity index (χ1v) is 7.55. The molecule has 124 valence electrons. The Kier molecular flexibility index (Phi) is 8.37. The van der Waals surface area contributed by atoms with Crippen molar-refractivity contribution in [2.24, 2.45) is 10.9 Å². The van der Waals surface area contributed by atoms with Crippen LogP contribution in [0.15, 0.2) is 27.7 Å². The first-order chi connectivity index (χ1) is 10.1. The van der Waals surface area contributed by atoms with Crippen LogP contribution in [-0.4, -0.2) is 26.2 Å². The fraction of sp³-hybridized carbons (Fsp3) is 0.500. The molecule has 0 radical (unpaired) electrons. The summed E-state index contributed by atoms with van der Waals surface area (Å²) in [5.74, 6) is 1.55. The number of hydrogen-bond acceptors (Lipinski definition) is 2. The minimum Gasteiger partial charge on any atom is -0.434 e. The third-order valence-corrected chi connectivity index (χ3v) is 3.66. The number of alkyl halides is 2. The first kappa shape index (κ1) is 19.4. The molecule has 1 fully saturated rings. The van der Waals surface area contributed by atoms with Gasteiger partial charge in [0, 0.05) is 30.2 Å². The smallest absolute Gasteiger partial charge is 0.387 e. The van der Waals surface area contributed by atoms with Gasteiger partial charge in [-0.25, -0.2) is 0 Å². The zero-order valence-electron chi connectivity index (χ0n) is 12.1. The molecule has 0 aliphatic heterocycles. The van der Waals surface area contributed by atoms with E-state index in [1.165, 1.54) is 18.9 Å². The van der Waals surface area contributed by atoms with Gasteiger partial charge < -0.3 is 15.4 Å². The van der Waals surface area contributed by atoms with Gasteiger partial charge in [0.2, 0.25) is 0 Å². The number of guanidine groups is 1. The molecule has 2 rings (SSSR count). The summed E-state index contributed by atoms with van der Waals surface area (Å²) in [6.45, 7) is -1.60. The Morgan fingerprint density at radius 3 is 2.73 bits per heavy atom. The minimum atomic E-state index is -2.84. The summed E-state index contributed by atoms with van der Waals surface area (Å²) in [5.41, 5.74) is 0.638. The van der Waals surface area contributed by atoms with Crippen molar-refractivity contribution >= 4 is 45.9 Å². The van der Waals surface area contributed by atoms with Crippen LogP contribution in [0.5, 0.6) is 5.75 Å². The predicted molar refractivity (Wildman–Crippen MR) is 97.1 cm³/mol. The standard InChI is InChI=1S/C14H18BrF2N3O.HI/c1-18-14(19-7-9-2-3-9)20-8-10-6-11(15)4-5-12(10)21-13(16)17;/h4-6,9,13H,2-3,7-8H2,1H3,(H2,18,19,20);1H. The average molecular weight is 490 g/mol. The van der Waals surface area contributed by atoms with Gasteiger partial charge in [-0.3, -0.25) is 4.99 Å². The van der Waals surface area contributed by atoms with Crippen LogP contribution >= 0.6 is 39.9 Å². The van der Waals surface area contributed by atoms with Crippen molar-refractivity contribution in [3.05, 3.63) is 28.2 Å². The lowest BCUT2D eigenvalue weighted by molar-refractivity contribution is -0.0504. The summed E-state index contributed by atoms with van der Waals surface area (Å²) in [5, 5.41) is 6.32. The highest BCUT2D eigenvalue weighted by Crippen LogP contribution is 2.27. The Balaban J connectivity index is 0.00000242. The third kappa shape index (κ3) is 6.64. The largest absolute Gasteiger partial charge is 0.434 e. The molecule has 0 aromatic heterocycles. The van der Waals surface area contributed by atoms with E-state index in [0.717, 1.165) is 16.9 Å². The number of nitrogens with zero attached hydrogens (tertiary/aromatic N) is 1. The van der Waals surface area contributed by atoms with Crippen molar-refractivity contribution in [3.63, 3.8) is 0 Å². The highest BCUT2D eigenvalue weighted by atomic mass is 127. The lowest BCUT2D eigenvalue weighted by Crippen LogP contribution is -2.37. The monoisotopic (exact) mass is 489 g/mol. The van der Waals surface area contributed by atoms with Gasteiger partial charge in [-0.05, 0) is 37.0 Å². The SMILES string of the molecule is CN=C(NCc1cc(Br)ccc1OC(F)F)NCC1CC1.I. The van der Waals surface area contributed by atoms with Crippen LogP contribution in [-0.2, 0) is 6.54 Å². The molecule has 2 N–H and O–H groups in total. The second-order valence-corrected chi connectivity index (χ2v) is 5.80. The molecular formula is C14H19BrF2IN3O. The molecule has 0 saturated heterocycles. The quantitative estimate of drug-likeness (QED) is 0.363. The number of hydrogen-bond donors (Lipinski definition) is 2. The second-order valence-electron chi connectivity index (χ2n) is 4.88. The molecule has 0 spiro atoms. The molecule has 22 heavy (non-hydrogen) atoms. The van der Waals surface area contributed by atoms with Crippen LogP contribution in [0.4, 0.5) is 8.78 Å². The second kappa shape index (κ2) is 9.49. The Morgan fingerprint density at radius 2 is 2.14 bits per heavy atom. The van der Waals surface area contributed by atoms with Crippen molar-refractivity contribution < 1.29 is 13.5 Å². The van der Waals surface area contributed by atoms with Crippen molar-refractivity contribution in [1.82, 2.24) is 10.6 Å². The highest BCUT2D eigenvalue weighted by molar-refractivity contribution is 14.0. The highest BCUT2D eigenvalue weighted by Gasteiger charge is 2.21. The van der Waals surface area contributed by atoms with Crippen LogP contribution < -0.4 is 15.4 Å². The summed E-state index contributed by atoms with van der Waals surface area (Å²) >= 11 is 3.33. The summed E-state index contributed by atoms with van der Waals surface area (Å²) in [7, 11) is 1.68. The van der Waals surface area contributed by atoms with Crippen LogP contribution in [0.3, 0.4) is 0 Å². The Morgan fingerprint density at radius 1 is 1.41 bits per heavy atom. The minimum absolute atomic E-state index is 0. The van der Waals surface area contributed by atoms with Gasteiger partial charge in [0.05, 0.1) is 0 Å². The van der Waals surface area contributed by atoms with Crippen LogP contribution in [0, 0.1) is 5.92 Å². The molecule has 1 aromatic rings. The van der Waals surface area contributed by atoms with E-state index in [1.54, 1.807) is 19.2 Å². The molecule has 1 saturated carbocycles. The van der Waals surface area contributed by atoms with Gasteiger partial charge in [0.1, 0.15) is 5.75 Å². The Bertz CT molecular complexity index is 513. The van der Waals surface area contributed by atoms with Gasteiger partial charge in [-0.1, -0.05) is 15.9 Å². The van der Waals surface area contributed by atoms with Crippen molar-refractivity contribution in [1.29, 1.82) is 0 Å². The van der Waals surface area contributed by atoms with E-state index < -0.39 is 6.61 Å². The summed E-state index contributed by atoms with van der Waals surface area (Å²) < 4.78 is 30.1. The Labute approximate surface area is 154 Å². The third-order valence-electron chi connectivity index (χ3n) is 3.16. The van der Waals surface area contributed by atoms with Gasteiger partial charge >= 0.3 is 6.61 Å². The molecule has 1 aliphatic carbocycles. The summed E-state index contributed by atoms with van der Waals surface area (Å²) in [4.78, 5) is 4.11. The zero-order chi connectivity index (χ0) is 15.2. The van der Waals surface area contributed by atoms with E-state index in [9.17, 15) is 8.78 Å². The Hall–Kier alpha value is -0.640. The number of aliphatic imine (C=N–C) groups is 1. The van der Waals surface area contributed by atoms with E-state index in [2.05, 4.69) is 36.3 Å². The van der Waals surface area contributed by atoms with E-state index in [1.807, 2.05) is 0 Å². The van der Waals surface area contributed by atoms with Crippen LogP contribution in [0.1, 0.15) is 18.4 Å². The maximum Gasteiger partial charge on any atom is 0.387 e. The number of nitrogens with one attached hydrogen (secondary N) is 2. The summed E-state index contributed by atoms with van der Waals surface area (Å²) in [6, 6.07) is 4.94. The van der Waals surface area contributed by atoms with E-state index in [-0.39, 0.29) is 29.7 Å². The maximum absolute atomic E-state index is 12.4. The van der Waals surface area contributed by atoms with Gasteiger partial charge in [0.25, 0.3) is 0 Å². The lowest BCUT2D eigenvalue weighted by atomic mass is 10.2. The van der Waals surface area contributed by atoms with Gasteiger partial charge in [-0.2, -0.15) is 8.78 Å². The van der Waals surface area contributed by atoms with E-state index >= 15 is 0 Å². The molecule has 0 bridgehead atoms. The van der Waals surface area contributed by atoms with E-state index in [4.69, 9.17) is 0 Å². The number of benzene rings is 1. The maximum atomic E-state index is 12.4. The normalized spacial score (nSPS) is 14.5. The fourth-order valence-electron chi connectivity index (χ4n) is 1.86. The molecule has 0 unspecified atom stereocenters. The average Bonchev–Trinajstić information content (AvgIpc) is 3.25. The molecular weight excluding hydrogens is 471 g/mol. The number of halogens is 4. The van der Waals surface area contributed by atoms with Gasteiger partial charge in [0.15, 0.2) is 5.96 Å². The van der Waals surface area contributed by atoms with Crippen LogP contribution in [0.2, 0.25) is 0 Å². The van der Waals surface area contributed by atoms with Crippen LogP contribution in [0.25, 0.3) is 0 Å².